The third-order valence-electron chi connectivity index (χ3n) is 8.80. The van der Waals surface area contributed by atoms with Gasteiger partial charge in [-0.15, -0.1) is 0 Å². The Balaban J connectivity index is 6.50. The van der Waals surface area contributed by atoms with Crippen molar-refractivity contribution in [2.24, 2.45) is 0 Å². The van der Waals surface area contributed by atoms with Crippen LogP contribution >= 0.6 is 0 Å². The van der Waals surface area contributed by atoms with Gasteiger partial charge in [-0.25, -0.2) is 0 Å². The minimum atomic E-state index is -2.41. The summed E-state index contributed by atoms with van der Waals surface area (Å²) in [4.78, 5) is 0. The molecule has 33 heavy (non-hydrogen) atoms. The average molecular weight is 676 g/mol. The first-order valence-corrected chi connectivity index (χ1v) is 30.8. The summed E-state index contributed by atoms with van der Waals surface area (Å²) in [5.74, 6) is 0. The second-order valence-corrected chi connectivity index (χ2v) is 39.0. The van der Waals surface area contributed by atoms with Gasteiger partial charge >= 0.3 is 222 Å². The van der Waals surface area contributed by atoms with Gasteiger partial charge in [0.15, 0.2) is 0 Å². The Morgan fingerprint density at radius 2 is 0.788 bits per heavy atom. The van der Waals surface area contributed by atoms with Gasteiger partial charge in [0.2, 0.25) is 0 Å². The SMILES string of the molecule is C=[C]([CH](CCCC)[Sn]([CH2]CCC)([CH2]CCC)[CH2]CCC)[Sn]([CH2]CCC)([CH2]CCC)[CH2]CCC. The normalized spacial score (nSPS) is 13.4. The van der Waals surface area contributed by atoms with E-state index in [1.54, 1.807) is 26.6 Å². The molecule has 0 aliphatic rings. The molecule has 0 rings (SSSR count). The molecule has 0 aliphatic carbocycles. The summed E-state index contributed by atoms with van der Waals surface area (Å²) in [6.07, 6.45) is 21.8. The summed E-state index contributed by atoms with van der Waals surface area (Å²) in [5.41, 5.74) is 0. The van der Waals surface area contributed by atoms with E-state index in [1.165, 1.54) is 96.3 Å². The molecule has 0 aliphatic heterocycles. The molecular weight excluding hydrogens is 610 g/mol. The van der Waals surface area contributed by atoms with Gasteiger partial charge in [-0.1, -0.05) is 0 Å². The molecule has 0 spiro atoms. The minimum absolute atomic E-state index is 1.03. The second kappa shape index (κ2) is 21.4. The van der Waals surface area contributed by atoms with Crippen molar-refractivity contribution in [1.29, 1.82) is 0 Å². The molecule has 0 nitrogen and oxygen atoms in total. The van der Waals surface area contributed by atoms with Gasteiger partial charge in [-0.2, -0.15) is 0 Å². The Morgan fingerprint density at radius 3 is 1.09 bits per heavy atom. The van der Waals surface area contributed by atoms with Gasteiger partial charge in [0.05, 0.1) is 0 Å². The first-order chi connectivity index (χ1) is 16.0. The summed E-state index contributed by atoms with van der Waals surface area (Å²) in [6.45, 7) is 22.3. The van der Waals surface area contributed by atoms with E-state index in [4.69, 9.17) is 6.58 Å². The zero-order valence-electron chi connectivity index (χ0n) is 24.6. The molecule has 0 saturated carbocycles. The van der Waals surface area contributed by atoms with Crippen molar-refractivity contribution < 1.29 is 0 Å². The molecule has 0 aromatic carbocycles. The van der Waals surface area contributed by atoms with Crippen molar-refractivity contribution in [3.05, 3.63) is 10.2 Å². The van der Waals surface area contributed by atoms with Crippen LogP contribution in [0, 0.1) is 0 Å². The molecule has 0 aromatic rings. The first-order valence-electron chi connectivity index (χ1n) is 15.7. The quantitative estimate of drug-likeness (QED) is 0.0893. The van der Waals surface area contributed by atoms with Crippen LogP contribution in [0.2, 0.25) is 30.6 Å². The van der Waals surface area contributed by atoms with Crippen LogP contribution in [0.3, 0.4) is 0 Å². The van der Waals surface area contributed by atoms with Crippen molar-refractivity contribution in [3.8, 4) is 0 Å². The van der Waals surface area contributed by atoms with Crippen molar-refractivity contribution in [2.75, 3.05) is 0 Å². The molecule has 0 fully saturated rings. The van der Waals surface area contributed by atoms with E-state index in [0.29, 0.717) is 0 Å². The summed E-state index contributed by atoms with van der Waals surface area (Å²) < 4.78 is 13.0. The molecule has 0 aromatic heterocycles. The van der Waals surface area contributed by atoms with E-state index < -0.39 is 36.8 Å². The van der Waals surface area contributed by atoms with Gasteiger partial charge in [-0.3, -0.25) is 0 Å². The first kappa shape index (κ1) is 34.3. The van der Waals surface area contributed by atoms with Crippen molar-refractivity contribution in [3.63, 3.8) is 0 Å². The number of unbranched alkanes of at least 4 members (excludes halogenated alkanes) is 7. The molecule has 0 saturated heterocycles. The molecule has 0 N–H and O–H groups in total. The Morgan fingerprint density at radius 1 is 0.485 bits per heavy atom. The van der Waals surface area contributed by atoms with Crippen LogP contribution in [0.1, 0.15) is 145 Å². The molecule has 0 radical (unpaired) electrons. The van der Waals surface area contributed by atoms with Crippen LogP contribution < -0.4 is 0 Å². The second-order valence-electron chi connectivity index (χ2n) is 11.5. The molecule has 198 valence electrons. The van der Waals surface area contributed by atoms with Crippen molar-refractivity contribution in [2.45, 2.75) is 175 Å². The fraction of sp³-hybridized carbons (Fsp3) is 0.935. The molecule has 1 atom stereocenters. The molecule has 1 unspecified atom stereocenters. The Labute approximate surface area is 220 Å². The van der Waals surface area contributed by atoms with Gasteiger partial charge in [0.25, 0.3) is 0 Å². The molecular formula is C31H66Sn2. The molecule has 0 heterocycles. The maximum atomic E-state index is 5.28. The van der Waals surface area contributed by atoms with E-state index in [-0.39, 0.29) is 0 Å². The van der Waals surface area contributed by atoms with E-state index in [2.05, 4.69) is 48.5 Å². The van der Waals surface area contributed by atoms with Gasteiger partial charge in [0, 0.05) is 0 Å². The van der Waals surface area contributed by atoms with Crippen LogP contribution in [-0.2, 0) is 0 Å². The number of hydrogen-bond acceptors (Lipinski definition) is 0. The maximum absolute atomic E-state index is 5.28. The monoisotopic (exact) mass is 678 g/mol. The fourth-order valence-electron chi connectivity index (χ4n) is 6.51. The van der Waals surface area contributed by atoms with E-state index in [0.717, 1.165) is 3.93 Å². The standard InChI is InChI=1S/C7H12.6C4H9.2Sn/c1-3-5-7-6-4-2;6*1-3-4-2;;/h5H,1,4,6-7H2,2H3;6*1,3-4H2,2H3;;. The Kier molecular flexibility index (Phi) is 22.3. The van der Waals surface area contributed by atoms with E-state index in [1.807, 2.05) is 3.59 Å². The van der Waals surface area contributed by atoms with Crippen molar-refractivity contribution >= 4 is 36.8 Å². The third-order valence-corrected chi connectivity index (χ3v) is 44.8. The summed E-state index contributed by atoms with van der Waals surface area (Å²) in [5, 5.41) is 0. The Hall–Kier alpha value is 1.34. The van der Waals surface area contributed by atoms with Crippen molar-refractivity contribution in [1.82, 2.24) is 0 Å². The molecule has 2 heteroatoms. The van der Waals surface area contributed by atoms with Crippen LogP contribution in [0.15, 0.2) is 10.2 Å². The van der Waals surface area contributed by atoms with Gasteiger partial charge in [0.1, 0.15) is 0 Å². The van der Waals surface area contributed by atoms with Crippen LogP contribution in [0.25, 0.3) is 0 Å². The number of rotatable bonds is 24. The average Bonchev–Trinajstić information content (AvgIpc) is 2.84. The number of hydrogen-bond donors (Lipinski definition) is 0. The summed E-state index contributed by atoms with van der Waals surface area (Å²) in [7, 11) is 0. The zero-order valence-corrected chi connectivity index (χ0v) is 30.3. The Bertz CT molecular complexity index is 412. The molecule has 0 bridgehead atoms. The topological polar surface area (TPSA) is 0 Å². The van der Waals surface area contributed by atoms with Crippen LogP contribution in [-0.4, -0.2) is 36.8 Å². The predicted molar refractivity (Wildman–Crippen MR) is 162 cm³/mol. The van der Waals surface area contributed by atoms with Gasteiger partial charge in [-0.05, 0) is 0 Å². The summed E-state index contributed by atoms with van der Waals surface area (Å²) >= 11 is -4.75. The fourth-order valence-corrected chi connectivity index (χ4v) is 53.1. The number of allylic oxidation sites excluding steroid dienone is 1. The summed E-state index contributed by atoms with van der Waals surface area (Å²) in [6, 6.07) is 0. The van der Waals surface area contributed by atoms with E-state index in [9.17, 15) is 0 Å². The predicted octanol–water partition coefficient (Wildman–Crippen LogP) is 12.3. The third kappa shape index (κ3) is 12.4. The van der Waals surface area contributed by atoms with E-state index >= 15 is 0 Å². The zero-order chi connectivity index (χ0) is 25.0. The van der Waals surface area contributed by atoms with Crippen LogP contribution in [0.5, 0.6) is 0 Å². The van der Waals surface area contributed by atoms with Crippen LogP contribution in [0.4, 0.5) is 0 Å². The van der Waals surface area contributed by atoms with Gasteiger partial charge < -0.3 is 0 Å². The molecule has 0 amide bonds.